The van der Waals surface area contributed by atoms with Gasteiger partial charge >= 0.3 is 0 Å². The van der Waals surface area contributed by atoms with Crippen molar-refractivity contribution >= 4 is 23.5 Å². The summed E-state index contributed by atoms with van der Waals surface area (Å²) in [6.45, 7) is 2.07. The van der Waals surface area contributed by atoms with Crippen LogP contribution in [0, 0.1) is 5.82 Å². The molecule has 0 amide bonds. The van der Waals surface area contributed by atoms with E-state index in [-0.39, 0.29) is 5.82 Å². The minimum Gasteiger partial charge on any atom is -0.237 e. The van der Waals surface area contributed by atoms with Gasteiger partial charge in [-0.1, -0.05) is 48.1 Å². The molecule has 0 N–H and O–H groups in total. The number of hydrogen-bond acceptors (Lipinski definition) is 2. The normalized spacial score (nSPS) is 12.0. The van der Waals surface area contributed by atoms with Crippen LogP contribution in [-0.2, 0) is 0 Å². The zero-order valence-electron chi connectivity index (χ0n) is 12.7. The van der Waals surface area contributed by atoms with Crippen LogP contribution in [0.15, 0.2) is 71.6 Å². The molecular formula is C20H16FNS. The fourth-order valence-corrected chi connectivity index (χ4v) is 2.90. The van der Waals surface area contributed by atoms with Crippen LogP contribution < -0.4 is 0 Å². The zero-order chi connectivity index (χ0) is 16.1. The molecule has 0 saturated heterocycles. The van der Waals surface area contributed by atoms with E-state index in [1.54, 1.807) is 23.5 Å². The lowest BCUT2D eigenvalue weighted by Gasteiger charge is -1.95. The van der Waals surface area contributed by atoms with Gasteiger partial charge in [0.1, 0.15) is 10.8 Å². The molecule has 3 heteroatoms. The molecule has 2 aromatic carbocycles. The molecule has 0 fully saturated rings. The summed E-state index contributed by atoms with van der Waals surface area (Å²) in [5.41, 5.74) is 4.15. The van der Waals surface area contributed by atoms with Crippen LogP contribution >= 0.6 is 11.3 Å². The van der Waals surface area contributed by atoms with Crippen LogP contribution in [0.4, 0.5) is 4.39 Å². The lowest BCUT2D eigenvalue weighted by molar-refractivity contribution is 0.628. The molecule has 23 heavy (non-hydrogen) atoms. The fraction of sp³-hybridized carbons (Fsp3) is 0.0500. The molecule has 0 radical (unpaired) electrons. The van der Waals surface area contributed by atoms with Crippen molar-refractivity contribution in [1.82, 2.24) is 4.98 Å². The van der Waals surface area contributed by atoms with Gasteiger partial charge in [-0.05, 0) is 42.8 Å². The summed E-state index contributed by atoms with van der Waals surface area (Å²) in [5, 5.41) is 2.92. The highest BCUT2D eigenvalue weighted by Crippen LogP contribution is 2.23. The number of allylic oxidation sites excluding steroid dienone is 2. The predicted molar refractivity (Wildman–Crippen MR) is 96.6 cm³/mol. The lowest BCUT2D eigenvalue weighted by atomic mass is 10.1. The van der Waals surface area contributed by atoms with Gasteiger partial charge in [0, 0.05) is 10.9 Å². The summed E-state index contributed by atoms with van der Waals surface area (Å²) in [4.78, 5) is 4.57. The van der Waals surface area contributed by atoms with Crippen LogP contribution in [-0.4, -0.2) is 4.98 Å². The van der Waals surface area contributed by atoms with Crippen LogP contribution in [0.25, 0.3) is 23.4 Å². The van der Waals surface area contributed by atoms with Crippen LogP contribution in [0.5, 0.6) is 0 Å². The summed E-state index contributed by atoms with van der Waals surface area (Å²) >= 11 is 1.58. The maximum absolute atomic E-state index is 13.0. The van der Waals surface area contributed by atoms with Crippen molar-refractivity contribution in [2.45, 2.75) is 6.92 Å². The minimum atomic E-state index is -0.231. The molecule has 0 saturated carbocycles. The molecular weight excluding hydrogens is 305 g/mol. The third-order valence-electron chi connectivity index (χ3n) is 3.34. The van der Waals surface area contributed by atoms with Crippen molar-refractivity contribution in [1.29, 1.82) is 0 Å². The first-order valence-electron chi connectivity index (χ1n) is 7.33. The number of halogens is 1. The van der Waals surface area contributed by atoms with Gasteiger partial charge in [-0.2, -0.15) is 0 Å². The average Bonchev–Trinajstić information content (AvgIpc) is 3.04. The SMILES string of the molecule is CC(C=Cc1nc(-c2ccc(F)cc2)cs1)=Cc1ccccc1. The topological polar surface area (TPSA) is 12.9 Å². The molecule has 3 rings (SSSR count). The molecule has 1 nitrogen and oxygen atoms in total. The fourth-order valence-electron chi connectivity index (χ4n) is 2.18. The number of nitrogens with zero attached hydrogens (tertiary/aromatic N) is 1. The lowest BCUT2D eigenvalue weighted by Crippen LogP contribution is -1.79. The molecule has 1 heterocycles. The van der Waals surface area contributed by atoms with E-state index < -0.39 is 0 Å². The first-order chi connectivity index (χ1) is 11.2. The van der Waals surface area contributed by atoms with Gasteiger partial charge in [0.05, 0.1) is 5.69 Å². The molecule has 0 bridgehead atoms. The van der Waals surface area contributed by atoms with Crippen molar-refractivity contribution in [2.75, 3.05) is 0 Å². The first kappa shape index (κ1) is 15.4. The first-order valence-corrected chi connectivity index (χ1v) is 8.21. The summed E-state index contributed by atoms with van der Waals surface area (Å²) in [6, 6.07) is 16.6. The second kappa shape index (κ2) is 7.16. The van der Waals surface area contributed by atoms with Crippen LogP contribution in [0.1, 0.15) is 17.5 Å². The molecule has 114 valence electrons. The van der Waals surface area contributed by atoms with E-state index in [1.165, 1.54) is 17.7 Å². The Morgan fingerprint density at radius 3 is 2.52 bits per heavy atom. The van der Waals surface area contributed by atoms with Crippen molar-refractivity contribution in [2.24, 2.45) is 0 Å². The van der Waals surface area contributed by atoms with Gasteiger partial charge in [-0.15, -0.1) is 11.3 Å². The van der Waals surface area contributed by atoms with Gasteiger partial charge in [0.15, 0.2) is 0 Å². The maximum atomic E-state index is 13.0. The second-order valence-corrected chi connectivity index (χ2v) is 6.10. The number of thiazole rings is 1. The standard InChI is InChI=1S/C20H16FNS/c1-15(13-16-5-3-2-4-6-16)7-12-20-22-19(14-23-20)17-8-10-18(21)11-9-17/h2-14H,1H3. The predicted octanol–water partition coefficient (Wildman–Crippen LogP) is 6.07. The van der Waals surface area contributed by atoms with Crippen LogP contribution in [0.2, 0.25) is 0 Å². The number of benzene rings is 2. The number of aromatic nitrogens is 1. The Morgan fingerprint density at radius 2 is 1.78 bits per heavy atom. The highest BCUT2D eigenvalue weighted by molar-refractivity contribution is 7.10. The Bertz CT molecular complexity index is 830. The third kappa shape index (κ3) is 4.24. The number of hydrogen-bond donors (Lipinski definition) is 0. The Hall–Kier alpha value is -2.52. The average molecular weight is 321 g/mol. The van der Waals surface area contributed by atoms with Crippen molar-refractivity contribution in [3.63, 3.8) is 0 Å². The summed E-state index contributed by atoms with van der Waals surface area (Å²) in [6.07, 6.45) is 6.19. The number of rotatable bonds is 4. The van der Waals surface area contributed by atoms with Crippen molar-refractivity contribution in [3.8, 4) is 11.3 Å². The monoisotopic (exact) mass is 321 g/mol. The van der Waals surface area contributed by atoms with E-state index in [1.807, 2.05) is 29.7 Å². The Morgan fingerprint density at radius 1 is 1.04 bits per heavy atom. The van der Waals surface area contributed by atoms with Crippen molar-refractivity contribution < 1.29 is 4.39 Å². The molecule has 0 spiro atoms. The highest BCUT2D eigenvalue weighted by atomic mass is 32.1. The summed E-state index contributed by atoms with van der Waals surface area (Å²) in [5.74, 6) is -0.231. The molecule has 0 unspecified atom stereocenters. The third-order valence-corrected chi connectivity index (χ3v) is 4.15. The van der Waals surface area contributed by atoms with E-state index in [0.29, 0.717) is 0 Å². The highest BCUT2D eigenvalue weighted by Gasteiger charge is 2.02. The molecule has 0 atom stereocenters. The minimum absolute atomic E-state index is 0.231. The van der Waals surface area contributed by atoms with Crippen LogP contribution in [0.3, 0.4) is 0 Å². The van der Waals surface area contributed by atoms with Gasteiger partial charge in [-0.3, -0.25) is 0 Å². The van der Waals surface area contributed by atoms with E-state index in [2.05, 4.69) is 36.2 Å². The van der Waals surface area contributed by atoms with E-state index in [4.69, 9.17) is 0 Å². The smallest absolute Gasteiger partial charge is 0.123 e. The van der Waals surface area contributed by atoms with E-state index in [0.717, 1.165) is 21.8 Å². The van der Waals surface area contributed by atoms with E-state index >= 15 is 0 Å². The second-order valence-electron chi connectivity index (χ2n) is 5.21. The van der Waals surface area contributed by atoms with E-state index in [9.17, 15) is 4.39 Å². The molecule has 1 aromatic heterocycles. The Balaban J connectivity index is 1.73. The van der Waals surface area contributed by atoms with Gasteiger partial charge < -0.3 is 0 Å². The Labute approximate surface area is 139 Å². The van der Waals surface area contributed by atoms with Gasteiger partial charge in [-0.25, -0.2) is 9.37 Å². The van der Waals surface area contributed by atoms with Gasteiger partial charge in [0.2, 0.25) is 0 Å². The molecule has 0 aliphatic carbocycles. The van der Waals surface area contributed by atoms with Gasteiger partial charge in [0.25, 0.3) is 0 Å². The summed E-state index contributed by atoms with van der Waals surface area (Å²) < 4.78 is 13.0. The quantitative estimate of drug-likeness (QED) is 0.532. The zero-order valence-corrected chi connectivity index (χ0v) is 13.6. The maximum Gasteiger partial charge on any atom is 0.123 e. The summed E-state index contributed by atoms with van der Waals surface area (Å²) in [7, 11) is 0. The molecule has 0 aliphatic rings. The molecule has 3 aromatic rings. The van der Waals surface area contributed by atoms with Crippen molar-refractivity contribution in [3.05, 3.63) is 88.0 Å². The molecule has 0 aliphatic heterocycles. The largest absolute Gasteiger partial charge is 0.237 e. The Kier molecular flexibility index (Phi) is 4.79.